The van der Waals surface area contributed by atoms with Gasteiger partial charge in [-0.25, -0.2) is 0 Å². The molecule has 16 heavy (non-hydrogen) atoms. The Labute approximate surface area is 95.5 Å². The molecule has 0 spiro atoms. The van der Waals surface area contributed by atoms with E-state index >= 15 is 0 Å². The number of aliphatic hydroxyl groups is 1. The van der Waals surface area contributed by atoms with Crippen molar-refractivity contribution < 1.29 is 5.11 Å². The van der Waals surface area contributed by atoms with Gasteiger partial charge in [0.2, 0.25) is 0 Å². The van der Waals surface area contributed by atoms with Crippen molar-refractivity contribution in [3.63, 3.8) is 0 Å². The normalized spacial score (nSPS) is 12.3. The molecule has 0 saturated carbocycles. The first-order valence-electron chi connectivity index (χ1n) is 5.30. The first-order chi connectivity index (χ1) is 7.70. The Hall–Kier alpha value is -1.96. The third kappa shape index (κ3) is 1.87. The quantitative estimate of drug-likeness (QED) is 0.774. The van der Waals surface area contributed by atoms with Crippen molar-refractivity contribution in [2.24, 2.45) is 0 Å². The summed E-state index contributed by atoms with van der Waals surface area (Å²) in [7, 11) is 0. The van der Waals surface area contributed by atoms with Crippen LogP contribution in [-0.4, -0.2) is 9.67 Å². The first-order valence-corrected chi connectivity index (χ1v) is 5.30. The van der Waals surface area contributed by atoms with Gasteiger partial charge in [-0.3, -0.25) is 0 Å². The Bertz CT molecular complexity index is 484. The highest BCUT2D eigenvalue weighted by atomic mass is 16.3. The molecule has 0 fully saturated rings. The Morgan fingerprint density at radius 2 is 1.88 bits per heavy atom. The molecule has 2 rings (SSSR count). The number of rotatable bonds is 3. The fraction of sp³-hybridized carbons (Fsp3) is 0.143. The van der Waals surface area contributed by atoms with E-state index in [9.17, 15) is 5.11 Å². The monoisotopic (exact) mass is 213 g/mol. The zero-order chi connectivity index (χ0) is 11.5. The van der Waals surface area contributed by atoms with E-state index in [1.54, 1.807) is 0 Å². The summed E-state index contributed by atoms with van der Waals surface area (Å²) in [4.78, 5) is 0. The summed E-state index contributed by atoms with van der Waals surface area (Å²) in [5, 5.41) is 9.47. The molecule has 0 unspecified atom stereocenters. The topological polar surface area (TPSA) is 25.2 Å². The van der Waals surface area contributed by atoms with E-state index in [0.29, 0.717) is 0 Å². The highest BCUT2D eigenvalue weighted by Gasteiger charge is 2.11. The van der Waals surface area contributed by atoms with Crippen molar-refractivity contribution in [3.05, 3.63) is 66.5 Å². The highest BCUT2D eigenvalue weighted by Crippen LogP contribution is 2.22. The molecular weight excluding hydrogens is 198 g/mol. The van der Waals surface area contributed by atoms with E-state index in [2.05, 4.69) is 25.6 Å². The smallest absolute Gasteiger partial charge is 0.132 e. The van der Waals surface area contributed by atoms with Gasteiger partial charge in [-0.1, -0.05) is 36.9 Å². The van der Waals surface area contributed by atoms with Crippen LogP contribution in [0.5, 0.6) is 0 Å². The van der Waals surface area contributed by atoms with E-state index in [1.807, 2.05) is 41.1 Å². The maximum absolute atomic E-state index is 9.47. The summed E-state index contributed by atoms with van der Waals surface area (Å²) in [6, 6.07) is 14.2. The summed E-state index contributed by atoms with van der Waals surface area (Å²) in [6.07, 6.45) is 1.95. The van der Waals surface area contributed by atoms with Crippen LogP contribution >= 0.6 is 0 Å². The summed E-state index contributed by atoms with van der Waals surface area (Å²) < 4.78 is 2.01. The molecular formula is C14H15NO. The fourth-order valence-corrected chi connectivity index (χ4v) is 1.87. The maximum Gasteiger partial charge on any atom is 0.132 e. The maximum atomic E-state index is 9.47. The van der Waals surface area contributed by atoms with Crippen molar-refractivity contribution in [1.29, 1.82) is 0 Å². The molecule has 0 aliphatic rings. The third-order valence-electron chi connectivity index (χ3n) is 2.77. The van der Waals surface area contributed by atoms with Crippen molar-refractivity contribution in [2.75, 3.05) is 0 Å². The predicted octanol–water partition coefficient (Wildman–Crippen LogP) is 3.63. The molecule has 1 atom stereocenters. The van der Waals surface area contributed by atoms with E-state index in [1.165, 1.54) is 5.56 Å². The van der Waals surface area contributed by atoms with Crippen molar-refractivity contribution in [1.82, 2.24) is 4.57 Å². The number of hydrogen-bond donors (Lipinski definition) is 1. The second-order valence-corrected chi connectivity index (χ2v) is 3.83. The third-order valence-corrected chi connectivity index (χ3v) is 2.77. The van der Waals surface area contributed by atoms with Gasteiger partial charge in [0.1, 0.15) is 5.76 Å². The number of benzene rings is 1. The fourth-order valence-electron chi connectivity index (χ4n) is 1.87. The molecule has 2 nitrogen and oxygen atoms in total. The van der Waals surface area contributed by atoms with E-state index in [4.69, 9.17) is 0 Å². The van der Waals surface area contributed by atoms with Crippen LogP contribution in [0.4, 0.5) is 0 Å². The zero-order valence-corrected chi connectivity index (χ0v) is 9.30. The van der Waals surface area contributed by atoms with E-state index < -0.39 is 0 Å². The second kappa shape index (κ2) is 4.27. The first kappa shape index (κ1) is 10.6. The molecule has 1 heterocycles. The van der Waals surface area contributed by atoms with Crippen LogP contribution in [0.2, 0.25) is 0 Å². The summed E-state index contributed by atoms with van der Waals surface area (Å²) in [6.45, 7) is 5.67. The molecule has 0 aliphatic heterocycles. The largest absolute Gasteiger partial charge is 0.506 e. The van der Waals surface area contributed by atoms with Crippen LogP contribution in [-0.2, 0) is 0 Å². The summed E-state index contributed by atoms with van der Waals surface area (Å²) in [5.41, 5.74) is 1.97. The van der Waals surface area contributed by atoms with Gasteiger partial charge in [0.05, 0.1) is 11.7 Å². The standard InChI is InChI=1S/C14H15NO/c1-11(13-7-4-3-5-8-13)15-10-6-9-14(15)12(2)16/h3-11,16H,2H2,1H3/t11-/m1/s1. The minimum absolute atomic E-state index is 0.104. The van der Waals surface area contributed by atoms with Gasteiger partial charge in [0, 0.05) is 6.20 Å². The number of aromatic nitrogens is 1. The number of nitrogens with zero attached hydrogens (tertiary/aromatic N) is 1. The highest BCUT2D eigenvalue weighted by molar-refractivity contribution is 5.53. The number of aliphatic hydroxyl groups excluding tert-OH is 1. The number of hydrogen-bond acceptors (Lipinski definition) is 1. The van der Waals surface area contributed by atoms with Gasteiger partial charge in [0.25, 0.3) is 0 Å². The van der Waals surface area contributed by atoms with Crippen molar-refractivity contribution >= 4 is 5.76 Å². The van der Waals surface area contributed by atoms with Gasteiger partial charge in [-0.15, -0.1) is 0 Å². The minimum atomic E-state index is 0.104. The van der Waals surface area contributed by atoms with Gasteiger partial charge in [0.15, 0.2) is 0 Å². The summed E-state index contributed by atoms with van der Waals surface area (Å²) in [5.74, 6) is 0.104. The average molecular weight is 213 g/mol. The Morgan fingerprint density at radius 1 is 1.19 bits per heavy atom. The summed E-state index contributed by atoms with van der Waals surface area (Å²) >= 11 is 0. The molecule has 1 aromatic carbocycles. The predicted molar refractivity (Wildman–Crippen MR) is 66.3 cm³/mol. The van der Waals surface area contributed by atoms with Gasteiger partial charge in [-0.05, 0) is 24.6 Å². The molecule has 1 aromatic heterocycles. The molecule has 0 saturated heterocycles. The van der Waals surface area contributed by atoms with Gasteiger partial charge >= 0.3 is 0 Å². The lowest BCUT2D eigenvalue weighted by Gasteiger charge is -2.17. The molecule has 0 bridgehead atoms. The average Bonchev–Trinajstić information content (AvgIpc) is 2.78. The molecule has 0 aliphatic carbocycles. The van der Waals surface area contributed by atoms with Gasteiger partial charge < -0.3 is 9.67 Å². The lowest BCUT2D eigenvalue weighted by Crippen LogP contribution is -2.08. The van der Waals surface area contributed by atoms with Crippen LogP contribution < -0.4 is 0 Å². The van der Waals surface area contributed by atoms with Crippen LogP contribution in [0.1, 0.15) is 24.2 Å². The molecule has 0 radical (unpaired) electrons. The molecule has 2 heteroatoms. The van der Waals surface area contributed by atoms with Crippen molar-refractivity contribution in [3.8, 4) is 0 Å². The zero-order valence-electron chi connectivity index (χ0n) is 9.30. The lowest BCUT2D eigenvalue weighted by molar-refractivity contribution is 0.497. The second-order valence-electron chi connectivity index (χ2n) is 3.83. The van der Waals surface area contributed by atoms with Crippen LogP contribution in [0.25, 0.3) is 5.76 Å². The molecule has 2 aromatic rings. The Balaban J connectivity index is 2.38. The SMILES string of the molecule is C=C(O)c1cccn1[C@H](C)c1ccccc1. The van der Waals surface area contributed by atoms with Crippen LogP contribution in [0.15, 0.2) is 55.2 Å². The molecule has 0 amide bonds. The van der Waals surface area contributed by atoms with E-state index in [-0.39, 0.29) is 11.8 Å². The Morgan fingerprint density at radius 3 is 2.50 bits per heavy atom. The van der Waals surface area contributed by atoms with E-state index in [0.717, 1.165) is 5.69 Å². The van der Waals surface area contributed by atoms with Crippen molar-refractivity contribution in [2.45, 2.75) is 13.0 Å². The lowest BCUT2D eigenvalue weighted by atomic mass is 10.1. The van der Waals surface area contributed by atoms with Crippen LogP contribution in [0, 0.1) is 0 Å². The molecule has 1 N–H and O–H groups in total. The van der Waals surface area contributed by atoms with Crippen LogP contribution in [0.3, 0.4) is 0 Å². The minimum Gasteiger partial charge on any atom is -0.506 e. The Kier molecular flexibility index (Phi) is 2.82. The van der Waals surface area contributed by atoms with Gasteiger partial charge in [-0.2, -0.15) is 0 Å². The molecule has 82 valence electrons.